The molecule has 0 aliphatic rings. The number of carbonyl (C=O) groups is 1. The predicted octanol–water partition coefficient (Wildman–Crippen LogP) is 4.02. The molecule has 0 aliphatic carbocycles. The molecule has 1 amide bonds. The van der Waals surface area contributed by atoms with E-state index in [9.17, 15) is 9.18 Å². The molecule has 0 aliphatic heterocycles. The lowest BCUT2D eigenvalue weighted by Crippen LogP contribution is -2.31. The number of aryl methyl sites for hydroxylation is 1. The highest BCUT2D eigenvalue weighted by Crippen LogP contribution is 2.25. The van der Waals surface area contributed by atoms with Gasteiger partial charge in [-0.05, 0) is 47.8 Å². The largest absolute Gasteiger partial charge is 0.339 e. The van der Waals surface area contributed by atoms with E-state index in [4.69, 9.17) is 0 Å². The average Bonchev–Trinajstić information content (AvgIpc) is 2.35. The van der Waals surface area contributed by atoms with Crippen LogP contribution in [0.5, 0.6) is 0 Å². The van der Waals surface area contributed by atoms with Crippen LogP contribution < -0.4 is 0 Å². The summed E-state index contributed by atoms with van der Waals surface area (Å²) in [7, 11) is 0. The van der Waals surface area contributed by atoms with Gasteiger partial charge in [-0.25, -0.2) is 4.39 Å². The molecular weight excluding hydrogens is 297 g/mol. The van der Waals surface area contributed by atoms with Gasteiger partial charge in [-0.3, -0.25) is 4.79 Å². The predicted molar refractivity (Wildman–Crippen MR) is 75.3 cm³/mol. The third-order valence-electron chi connectivity index (χ3n) is 2.95. The Hall–Kier alpha value is -0.900. The first-order valence-electron chi connectivity index (χ1n) is 6.32. The minimum Gasteiger partial charge on any atom is -0.339 e. The molecule has 0 spiro atoms. The number of benzene rings is 1. The zero-order chi connectivity index (χ0) is 13.7. The van der Waals surface area contributed by atoms with Crippen molar-refractivity contribution in [1.82, 2.24) is 4.90 Å². The van der Waals surface area contributed by atoms with Gasteiger partial charge in [0.2, 0.25) is 0 Å². The number of hydrogen-bond donors (Lipinski definition) is 0. The van der Waals surface area contributed by atoms with Crippen LogP contribution in [0.2, 0.25) is 0 Å². The maximum absolute atomic E-state index is 14.3. The van der Waals surface area contributed by atoms with Crippen molar-refractivity contribution < 1.29 is 9.18 Å². The van der Waals surface area contributed by atoms with Crippen LogP contribution in [0, 0.1) is 5.82 Å². The standard InChI is InChI=1S/C14H19BrFNO/c1-4-7-10-8-9-11(15)12(13(10)16)14(18)17(5-2)6-3/h8-9H,4-7H2,1-3H3. The Kier molecular flexibility index (Phi) is 5.79. The van der Waals surface area contributed by atoms with Gasteiger partial charge in [-0.1, -0.05) is 19.4 Å². The Morgan fingerprint density at radius 1 is 1.28 bits per heavy atom. The van der Waals surface area contributed by atoms with Crippen molar-refractivity contribution in [3.05, 3.63) is 33.5 Å². The lowest BCUT2D eigenvalue weighted by molar-refractivity contribution is 0.0767. The first kappa shape index (κ1) is 15.2. The van der Waals surface area contributed by atoms with Crippen LogP contribution in [0.15, 0.2) is 16.6 Å². The lowest BCUT2D eigenvalue weighted by Gasteiger charge is -2.20. The molecule has 0 N–H and O–H groups in total. The SMILES string of the molecule is CCCc1ccc(Br)c(C(=O)N(CC)CC)c1F. The van der Waals surface area contributed by atoms with E-state index < -0.39 is 0 Å². The van der Waals surface area contributed by atoms with E-state index in [-0.39, 0.29) is 17.3 Å². The van der Waals surface area contributed by atoms with E-state index in [1.807, 2.05) is 20.8 Å². The van der Waals surface area contributed by atoms with Gasteiger partial charge in [0.25, 0.3) is 5.91 Å². The molecule has 100 valence electrons. The molecule has 2 nitrogen and oxygen atoms in total. The molecule has 4 heteroatoms. The zero-order valence-electron chi connectivity index (χ0n) is 11.1. The van der Waals surface area contributed by atoms with Crippen molar-refractivity contribution in [2.45, 2.75) is 33.6 Å². The summed E-state index contributed by atoms with van der Waals surface area (Å²) in [6.07, 6.45) is 1.51. The Morgan fingerprint density at radius 2 is 1.89 bits per heavy atom. The lowest BCUT2D eigenvalue weighted by atomic mass is 10.0. The van der Waals surface area contributed by atoms with E-state index in [2.05, 4.69) is 15.9 Å². The summed E-state index contributed by atoms with van der Waals surface area (Å²) in [4.78, 5) is 13.9. The molecule has 0 bridgehead atoms. The number of amides is 1. The van der Waals surface area contributed by atoms with Gasteiger partial charge in [-0.15, -0.1) is 0 Å². The molecule has 0 unspecified atom stereocenters. The first-order chi connectivity index (χ1) is 8.56. The summed E-state index contributed by atoms with van der Waals surface area (Å²) in [5.74, 6) is -0.634. The van der Waals surface area contributed by atoms with Gasteiger partial charge >= 0.3 is 0 Å². The van der Waals surface area contributed by atoms with Crippen LogP contribution in [-0.2, 0) is 6.42 Å². The fourth-order valence-corrected chi connectivity index (χ4v) is 2.40. The van der Waals surface area contributed by atoms with Gasteiger partial charge in [0.1, 0.15) is 5.82 Å². The molecule has 1 aromatic rings. The summed E-state index contributed by atoms with van der Waals surface area (Å²) in [6, 6.07) is 3.49. The van der Waals surface area contributed by atoms with E-state index in [1.54, 1.807) is 17.0 Å². The topological polar surface area (TPSA) is 20.3 Å². The van der Waals surface area contributed by atoms with E-state index >= 15 is 0 Å². The summed E-state index contributed by atoms with van der Waals surface area (Å²) in [5, 5.41) is 0. The molecule has 0 saturated heterocycles. The number of hydrogen-bond acceptors (Lipinski definition) is 1. The molecular formula is C14H19BrFNO. The van der Waals surface area contributed by atoms with Crippen molar-refractivity contribution in [2.24, 2.45) is 0 Å². The van der Waals surface area contributed by atoms with Crippen molar-refractivity contribution in [3.63, 3.8) is 0 Å². The first-order valence-corrected chi connectivity index (χ1v) is 7.12. The third-order valence-corrected chi connectivity index (χ3v) is 3.62. The molecule has 0 saturated carbocycles. The molecule has 0 radical (unpaired) electrons. The maximum atomic E-state index is 14.3. The molecule has 0 atom stereocenters. The second-order valence-electron chi connectivity index (χ2n) is 4.12. The highest BCUT2D eigenvalue weighted by molar-refractivity contribution is 9.10. The van der Waals surface area contributed by atoms with Crippen LogP contribution in [0.25, 0.3) is 0 Å². The van der Waals surface area contributed by atoms with Crippen molar-refractivity contribution >= 4 is 21.8 Å². The molecule has 0 fully saturated rings. The number of rotatable bonds is 5. The van der Waals surface area contributed by atoms with Gasteiger partial charge in [0.15, 0.2) is 0 Å². The van der Waals surface area contributed by atoms with Gasteiger partial charge < -0.3 is 4.90 Å². The fourth-order valence-electron chi connectivity index (χ4n) is 1.92. The highest BCUT2D eigenvalue weighted by atomic mass is 79.9. The smallest absolute Gasteiger partial charge is 0.257 e. The number of halogens is 2. The molecule has 18 heavy (non-hydrogen) atoms. The van der Waals surface area contributed by atoms with Crippen LogP contribution in [-0.4, -0.2) is 23.9 Å². The Balaban J connectivity index is 3.21. The molecule has 0 heterocycles. The second-order valence-corrected chi connectivity index (χ2v) is 4.98. The summed E-state index contributed by atoms with van der Waals surface area (Å²) in [5.41, 5.74) is 0.765. The van der Waals surface area contributed by atoms with Gasteiger partial charge in [-0.2, -0.15) is 0 Å². The minimum absolute atomic E-state index is 0.157. The van der Waals surface area contributed by atoms with Gasteiger partial charge in [0, 0.05) is 17.6 Å². The van der Waals surface area contributed by atoms with E-state index in [0.29, 0.717) is 29.5 Å². The third kappa shape index (κ3) is 3.10. The fraction of sp³-hybridized carbons (Fsp3) is 0.500. The number of carbonyl (C=O) groups excluding carboxylic acids is 1. The highest BCUT2D eigenvalue weighted by Gasteiger charge is 2.22. The summed E-state index contributed by atoms with van der Waals surface area (Å²) in [6.45, 7) is 6.94. The Morgan fingerprint density at radius 3 is 2.39 bits per heavy atom. The Bertz CT molecular complexity index is 430. The summed E-state index contributed by atoms with van der Waals surface area (Å²) < 4.78 is 14.9. The zero-order valence-corrected chi connectivity index (χ0v) is 12.7. The monoisotopic (exact) mass is 315 g/mol. The van der Waals surface area contributed by atoms with Crippen molar-refractivity contribution in [3.8, 4) is 0 Å². The average molecular weight is 316 g/mol. The maximum Gasteiger partial charge on any atom is 0.257 e. The number of nitrogens with zero attached hydrogens (tertiary/aromatic N) is 1. The quantitative estimate of drug-likeness (QED) is 0.803. The van der Waals surface area contributed by atoms with Crippen LogP contribution in [0.1, 0.15) is 43.1 Å². The normalized spacial score (nSPS) is 10.5. The van der Waals surface area contributed by atoms with E-state index in [1.165, 1.54) is 0 Å². The van der Waals surface area contributed by atoms with Crippen LogP contribution in [0.3, 0.4) is 0 Å². The molecule has 0 aromatic heterocycles. The Labute approximate surface area is 116 Å². The second kappa shape index (κ2) is 6.88. The molecule has 1 aromatic carbocycles. The summed E-state index contributed by atoms with van der Waals surface area (Å²) >= 11 is 3.27. The van der Waals surface area contributed by atoms with E-state index in [0.717, 1.165) is 6.42 Å². The van der Waals surface area contributed by atoms with Crippen molar-refractivity contribution in [1.29, 1.82) is 0 Å². The minimum atomic E-state index is -0.386. The van der Waals surface area contributed by atoms with Gasteiger partial charge in [0.05, 0.1) is 5.56 Å². The van der Waals surface area contributed by atoms with Crippen LogP contribution >= 0.6 is 15.9 Å². The molecule has 1 rings (SSSR count). The van der Waals surface area contributed by atoms with Crippen molar-refractivity contribution in [2.75, 3.05) is 13.1 Å². The van der Waals surface area contributed by atoms with Crippen LogP contribution in [0.4, 0.5) is 4.39 Å².